The molecule has 17 heavy (non-hydrogen) atoms. The van der Waals surface area contributed by atoms with Crippen LogP contribution in [-0.4, -0.2) is 18.6 Å². The summed E-state index contributed by atoms with van der Waals surface area (Å²) in [5.41, 5.74) is 2.41. The van der Waals surface area contributed by atoms with Crippen LogP contribution in [0.2, 0.25) is 0 Å². The van der Waals surface area contributed by atoms with E-state index in [9.17, 15) is 0 Å². The van der Waals surface area contributed by atoms with Crippen molar-refractivity contribution in [1.82, 2.24) is 10.3 Å². The Bertz CT molecular complexity index is 337. The Balaban J connectivity index is 2.04. The number of hydrogen-bond donors (Lipinski definition) is 1. The van der Waals surface area contributed by atoms with E-state index in [1.54, 1.807) is 0 Å². The van der Waals surface area contributed by atoms with E-state index in [0.29, 0.717) is 0 Å². The molecule has 0 radical (unpaired) electrons. The minimum Gasteiger partial charge on any atom is -0.477 e. The fourth-order valence-electron chi connectivity index (χ4n) is 1.87. The molecule has 0 aromatic carbocycles. The standard InChI is InChI=1S/C14H22N2O/c1-3-4-13-7-12(9-15-2)8-14(16-13)17-10-11-5-6-11/h7-8,11,15H,3-6,9-10H2,1-2H3. The lowest BCUT2D eigenvalue weighted by Crippen LogP contribution is -2.08. The van der Waals surface area contributed by atoms with Crippen LogP contribution in [0, 0.1) is 5.92 Å². The van der Waals surface area contributed by atoms with E-state index in [2.05, 4.69) is 29.4 Å². The molecule has 1 fully saturated rings. The van der Waals surface area contributed by atoms with Crippen molar-refractivity contribution in [2.24, 2.45) is 5.92 Å². The van der Waals surface area contributed by atoms with Gasteiger partial charge in [0.05, 0.1) is 6.61 Å². The summed E-state index contributed by atoms with van der Waals surface area (Å²) >= 11 is 0. The maximum atomic E-state index is 5.77. The molecule has 1 saturated carbocycles. The van der Waals surface area contributed by atoms with Crippen molar-refractivity contribution in [2.75, 3.05) is 13.7 Å². The highest BCUT2D eigenvalue weighted by molar-refractivity contribution is 5.25. The third-order valence-corrected chi connectivity index (χ3v) is 2.97. The summed E-state index contributed by atoms with van der Waals surface area (Å²) in [6.07, 6.45) is 4.78. The average molecular weight is 234 g/mol. The zero-order valence-electron chi connectivity index (χ0n) is 10.8. The van der Waals surface area contributed by atoms with E-state index in [1.807, 2.05) is 7.05 Å². The van der Waals surface area contributed by atoms with Crippen molar-refractivity contribution in [1.29, 1.82) is 0 Å². The lowest BCUT2D eigenvalue weighted by molar-refractivity contribution is 0.287. The highest BCUT2D eigenvalue weighted by Crippen LogP contribution is 2.29. The SMILES string of the molecule is CCCc1cc(CNC)cc(OCC2CC2)n1. The van der Waals surface area contributed by atoms with E-state index in [1.165, 1.54) is 18.4 Å². The van der Waals surface area contributed by atoms with Gasteiger partial charge in [0.15, 0.2) is 0 Å². The summed E-state index contributed by atoms with van der Waals surface area (Å²) in [5.74, 6) is 1.58. The first-order chi connectivity index (χ1) is 8.31. The maximum absolute atomic E-state index is 5.77. The zero-order chi connectivity index (χ0) is 12.1. The summed E-state index contributed by atoms with van der Waals surface area (Å²) in [4.78, 5) is 4.56. The second-order valence-corrected chi connectivity index (χ2v) is 4.84. The zero-order valence-corrected chi connectivity index (χ0v) is 10.8. The number of rotatable bonds is 7. The molecule has 0 bridgehead atoms. The van der Waals surface area contributed by atoms with Gasteiger partial charge in [-0.05, 0) is 43.9 Å². The topological polar surface area (TPSA) is 34.1 Å². The Hall–Kier alpha value is -1.09. The van der Waals surface area contributed by atoms with Crippen LogP contribution >= 0.6 is 0 Å². The molecule has 1 aromatic rings. The minimum absolute atomic E-state index is 0.777. The molecule has 0 spiro atoms. The molecule has 1 aliphatic rings. The number of hydrogen-bond acceptors (Lipinski definition) is 3. The molecule has 1 aromatic heterocycles. The third-order valence-electron chi connectivity index (χ3n) is 2.97. The van der Waals surface area contributed by atoms with Crippen molar-refractivity contribution in [2.45, 2.75) is 39.2 Å². The van der Waals surface area contributed by atoms with E-state index < -0.39 is 0 Å². The Labute approximate surface area is 104 Å². The molecule has 0 saturated heterocycles. The van der Waals surface area contributed by atoms with Gasteiger partial charge in [0.1, 0.15) is 0 Å². The van der Waals surface area contributed by atoms with Gasteiger partial charge >= 0.3 is 0 Å². The Morgan fingerprint density at radius 2 is 2.24 bits per heavy atom. The van der Waals surface area contributed by atoms with Crippen molar-refractivity contribution < 1.29 is 4.74 Å². The van der Waals surface area contributed by atoms with Crippen LogP contribution < -0.4 is 10.1 Å². The predicted octanol–water partition coefficient (Wildman–Crippen LogP) is 2.54. The summed E-state index contributed by atoms with van der Waals surface area (Å²) in [7, 11) is 1.96. The van der Waals surface area contributed by atoms with E-state index in [-0.39, 0.29) is 0 Å². The molecule has 1 aliphatic carbocycles. The van der Waals surface area contributed by atoms with Crippen molar-refractivity contribution in [3.63, 3.8) is 0 Å². The highest BCUT2D eigenvalue weighted by atomic mass is 16.5. The Kier molecular flexibility index (Phi) is 4.37. The molecule has 1 N–H and O–H groups in total. The Morgan fingerprint density at radius 3 is 2.88 bits per heavy atom. The molecule has 94 valence electrons. The lowest BCUT2D eigenvalue weighted by atomic mass is 10.1. The van der Waals surface area contributed by atoms with Crippen LogP contribution in [0.1, 0.15) is 37.4 Å². The third kappa shape index (κ3) is 4.00. The predicted molar refractivity (Wildman–Crippen MR) is 69.2 cm³/mol. The van der Waals surface area contributed by atoms with Gasteiger partial charge in [-0.3, -0.25) is 0 Å². The molecule has 3 nitrogen and oxygen atoms in total. The van der Waals surface area contributed by atoms with Crippen LogP contribution in [0.15, 0.2) is 12.1 Å². The quantitative estimate of drug-likeness (QED) is 0.787. The van der Waals surface area contributed by atoms with Gasteiger partial charge in [0.2, 0.25) is 5.88 Å². The molecular weight excluding hydrogens is 212 g/mol. The van der Waals surface area contributed by atoms with E-state index >= 15 is 0 Å². The molecule has 3 heteroatoms. The van der Waals surface area contributed by atoms with Crippen LogP contribution in [0.5, 0.6) is 5.88 Å². The first kappa shape index (κ1) is 12.4. The fraction of sp³-hybridized carbons (Fsp3) is 0.643. The van der Waals surface area contributed by atoms with Crippen LogP contribution in [0.25, 0.3) is 0 Å². The van der Waals surface area contributed by atoms with Gasteiger partial charge in [-0.1, -0.05) is 13.3 Å². The molecule has 2 rings (SSSR count). The minimum atomic E-state index is 0.777. The summed E-state index contributed by atoms with van der Waals surface area (Å²) in [5, 5.41) is 3.17. The van der Waals surface area contributed by atoms with Gasteiger partial charge in [-0.2, -0.15) is 0 Å². The molecular formula is C14H22N2O. The largest absolute Gasteiger partial charge is 0.477 e. The van der Waals surface area contributed by atoms with E-state index in [4.69, 9.17) is 4.74 Å². The smallest absolute Gasteiger partial charge is 0.213 e. The summed E-state index contributed by atoms with van der Waals surface area (Å²) in [6.45, 7) is 3.89. The number of aromatic nitrogens is 1. The molecule has 0 aliphatic heterocycles. The van der Waals surface area contributed by atoms with Crippen molar-refractivity contribution in [3.05, 3.63) is 23.4 Å². The molecule has 0 amide bonds. The first-order valence-corrected chi connectivity index (χ1v) is 6.59. The van der Waals surface area contributed by atoms with Crippen molar-refractivity contribution >= 4 is 0 Å². The molecule has 0 atom stereocenters. The van der Waals surface area contributed by atoms with Crippen LogP contribution in [-0.2, 0) is 13.0 Å². The first-order valence-electron chi connectivity index (χ1n) is 6.59. The highest BCUT2D eigenvalue weighted by Gasteiger charge is 2.22. The average Bonchev–Trinajstić information content (AvgIpc) is 3.11. The summed E-state index contributed by atoms with van der Waals surface area (Å²) in [6, 6.07) is 4.22. The van der Waals surface area contributed by atoms with Crippen LogP contribution in [0.3, 0.4) is 0 Å². The van der Waals surface area contributed by atoms with Gasteiger partial charge in [0, 0.05) is 18.3 Å². The monoisotopic (exact) mass is 234 g/mol. The Morgan fingerprint density at radius 1 is 1.41 bits per heavy atom. The normalized spacial score (nSPS) is 14.9. The van der Waals surface area contributed by atoms with Crippen molar-refractivity contribution in [3.8, 4) is 5.88 Å². The molecule has 0 unspecified atom stereocenters. The number of aryl methyl sites for hydroxylation is 1. The van der Waals surface area contributed by atoms with Gasteiger partial charge in [-0.15, -0.1) is 0 Å². The van der Waals surface area contributed by atoms with Gasteiger partial charge in [0.25, 0.3) is 0 Å². The lowest BCUT2D eigenvalue weighted by Gasteiger charge is -2.09. The second kappa shape index (κ2) is 6.01. The fourth-order valence-corrected chi connectivity index (χ4v) is 1.87. The van der Waals surface area contributed by atoms with Crippen LogP contribution in [0.4, 0.5) is 0 Å². The number of pyridine rings is 1. The maximum Gasteiger partial charge on any atom is 0.213 e. The number of nitrogens with one attached hydrogen (secondary N) is 1. The van der Waals surface area contributed by atoms with Gasteiger partial charge in [-0.25, -0.2) is 4.98 Å². The second-order valence-electron chi connectivity index (χ2n) is 4.84. The van der Waals surface area contributed by atoms with E-state index in [0.717, 1.165) is 43.5 Å². The molecule has 1 heterocycles. The number of ether oxygens (including phenoxy) is 1. The number of nitrogens with zero attached hydrogens (tertiary/aromatic N) is 1. The summed E-state index contributed by atoms with van der Waals surface area (Å²) < 4.78 is 5.77. The van der Waals surface area contributed by atoms with Gasteiger partial charge < -0.3 is 10.1 Å².